The summed E-state index contributed by atoms with van der Waals surface area (Å²) >= 11 is 0. The van der Waals surface area contributed by atoms with Gasteiger partial charge >= 0.3 is 11.9 Å². The Kier molecular flexibility index (Phi) is 10.7. The van der Waals surface area contributed by atoms with Gasteiger partial charge in [-0.25, -0.2) is 9.59 Å². The molecule has 0 aliphatic heterocycles. The van der Waals surface area contributed by atoms with Crippen LogP contribution in [0.1, 0.15) is 38.8 Å². The second kappa shape index (κ2) is 13.8. The lowest BCUT2D eigenvalue weighted by atomic mass is 10.0. The van der Waals surface area contributed by atoms with Gasteiger partial charge in [-0.1, -0.05) is 36.4 Å². The van der Waals surface area contributed by atoms with Gasteiger partial charge in [-0.2, -0.15) is 0 Å². The van der Waals surface area contributed by atoms with Gasteiger partial charge in [-0.15, -0.1) is 0 Å². The van der Waals surface area contributed by atoms with E-state index in [-0.39, 0.29) is 25.2 Å². The topological polar surface area (TPSA) is 71.1 Å². The smallest absolute Gasteiger partial charge is 0.333 e. The standard InChI is InChI=1S/C27H32O6/c1-5-20(3)26(28)32-17-15-30-24-11-7-22(8-12-24)19-23-9-13-25(14-10-23)31-16-18-33-27(29)21(4)6-2/h5-14H,15-19H2,1-4H3/b20-5-,21-6-. The van der Waals surface area contributed by atoms with E-state index >= 15 is 0 Å². The number of carbonyl (C=O) groups is 2. The van der Waals surface area contributed by atoms with Gasteiger partial charge in [0.15, 0.2) is 0 Å². The lowest BCUT2D eigenvalue weighted by Gasteiger charge is -2.09. The molecule has 0 heterocycles. The summed E-state index contributed by atoms with van der Waals surface area (Å²) in [6.07, 6.45) is 4.21. The normalized spacial score (nSPS) is 11.6. The number of hydrogen-bond acceptors (Lipinski definition) is 6. The van der Waals surface area contributed by atoms with Crippen LogP contribution in [0.2, 0.25) is 0 Å². The third-order valence-electron chi connectivity index (χ3n) is 4.94. The van der Waals surface area contributed by atoms with E-state index in [9.17, 15) is 9.59 Å². The minimum absolute atomic E-state index is 0.206. The number of ether oxygens (including phenoxy) is 4. The van der Waals surface area contributed by atoms with Gasteiger partial charge in [-0.05, 0) is 69.5 Å². The molecule has 0 saturated heterocycles. The van der Waals surface area contributed by atoms with Crippen molar-refractivity contribution in [2.24, 2.45) is 0 Å². The Balaban J connectivity index is 1.72. The van der Waals surface area contributed by atoms with Crippen molar-refractivity contribution in [1.82, 2.24) is 0 Å². The molecule has 2 rings (SSSR count). The van der Waals surface area contributed by atoms with E-state index in [1.165, 1.54) is 0 Å². The molecule has 0 bridgehead atoms. The SMILES string of the molecule is C/C=C(/C)C(=O)OCCOc1ccc(Cc2ccc(OCCOC(=O)/C(C)=C\C)cc2)cc1. The fourth-order valence-corrected chi connectivity index (χ4v) is 2.69. The summed E-state index contributed by atoms with van der Waals surface area (Å²) in [4.78, 5) is 23.1. The molecule has 2 aromatic rings. The molecule has 176 valence electrons. The average Bonchev–Trinajstić information content (AvgIpc) is 2.85. The predicted octanol–water partition coefficient (Wildman–Crippen LogP) is 5.05. The van der Waals surface area contributed by atoms with Crippen molar-refractivity contribution < 1.29 is 28.5 Å². The zero-order chi connectivity index (χ0) is 24.1. The lowest BCUT2D eigenvalue weighted by molar-refractivity contribution is -0.140. The second-order valence-corrected chi connectivity index (χ2v) is 7.38. The van der Waals surface area contributed by atoms with Crippen LogP contribution in [0.3, 0.4) is 0 Å². The van der Waals surface area contributed by atoms with Crippen LogP contribution in [-0.4, -0.2) is 38.4 Å². The molecule has 6 nitrogen and oxygen atoms in total. The number of rotatable bonds is 12. The van der Waals surface area contributed by atoms with E-state index in [1.54, 1.807) is 39.8 Å². The van der Waals surface area contributed by atoms with Gasteiger partial charge in [-0.3, -0.25) is 0 Å². The fraction of sp³-hybridized carbons (Fsp3) is 0.333. The Hall–Kier alpha value is -3.54. The van der Waals surface area contributed by atoms with Gasteiger partial charge in [0.05, 0.1) is 0 Å². The van der Waals surface area contributed by atoms with Crippen LogP contribution in [0.5, 0.6) is 11.5 Å². The molecule has 0 unspecified atom stereocenters. The first kappa shape index (κ1) is 25.7. The molecule has 0 aliphatic rings. The van der Waals surface area contributed by atoms with Crippen molar-refractivity contribution in [1.29, 1.82) is 0 Å². The van der Waals surface area contributed by atoms with Gasteiger partial charge in [0.25, 0.3) is 0 Å². The molecule has 0 aliphatic carbocycles. The summed E-state index contributed by atoms with van der Waals surface area (Å²) in [7, 11) is 0. The number of esters is 2. The van der Waals surface area contributed by atoms with Gasteiger partial charge in [0.2, 0.25) is 0 Å². The highest BCUT2D eigenvalue weighted by Gasteiger charge is 2.05. The molecule has 0 saturated carbocycles. The first-order valence-corrected chi connectivity index (χ1v) is 11.0. The quantitative estimate of drug-likeness (QED) is 0.255. The van der Waals surface area contributed by atoms with Crippen LogP contribution in [0.25, 0.3) is 0 Å². The fourth-order valence-electron chi connectivity index (χ4n) is 2.69. The van der Waals surface area contributed by atoms with Crippen molar-refractivity contribution >= 4 is 11.9 Å². The Morgan fingerprint density at radius 3 is 1.33 bits per heavy atom. The second-order valence-electron chi connectivity index (χ2n) is 7.38. The van der Waals surface area contributed by atoms with Crippen LogP contribution in [-0.2, 0) is 25.5 Å². The molecule has 0 atom stereocenters. The molecule has 0 N–H and O–H groups in total. The molecule has 0 spiro atoms. The van der Waals surface area contributed by atoms with E-state index in [1.807, 2.05) is 48.5 Å². The summed E-state index contributed by atoms with van der Waals surface area (Å²) < 4.78 is 21.5. The summed E-state index contributed by atoms with van der Waals surface area (Å²) in [5.74, 6) is 0.810. The van der Waals surface area contributed by atoms with Crippen molar-refractivity contribution in [3.63, 3.8) is 0 Å². The highest BCUT2D eigenvalue weighted by atomic mass is 16.6. The largest absolute Gasteiger partial charge is 0.490 e. The predicted molar refractivity (Wildman–Crippen MR) is 127 cm³/mol. The van der Waals surface area contributed by atoms with E-state index in [0.717, 1.165) is 29.0 Å². The van der Waals surface area contributed by atoms with Crippen LogP contribution < -0.4 is 9.47 Å². The maximum absolute atomic E-state index is 11.6. The van der Waals surface area contributed by atoms with Crippen LogP contribution in [0.15, 0.2) is 71.8 Å². The maximum Gasteiger partial charge on any atom is 0.333 e. The number of allylic oxidation sites excluding steroid dienone is 2. The molecule has 2 aromatic carbocycles. The van der Waals surface area contributed by atoms with Gasteiger partial charge in [0.1, 0.15) is 37.9 Å². The highest BCUT2D eigenvalue weighted by molar-refractivity contribution is 5.87. The first-order valence-electron chi connectivity index (χ1n) is 11.0. The Labute approximate surface area is 195 Å². The van der Waals surface area contributed by atoms with E-state index in [2.05, 4.69) is 0 Å². The van der Waals surface area contributed by atoms with Crippen LogP contribution in [0, 0.1) is 0 Å². The monoisotopic (exact) mass is 452 g/mol. The van der Waals surface area contributed by atoms with Crippen molar-refractivity contribution in [2.45, 2.75) is 34.1 Å². The lowest BCUT2D eigenvalue weighted by Crippen LogP contribution is -2.12. The Morgan fingerprint density at radius 2 is 1.00 bits per heavy atom. The number of carbonyl (C=O) groups excluding carboxylic acids is 2. The van der Waals surface area contributed by atoms with E-state index in [0.29, 0.717) is 24.4 Å². The van der Waals surface area contributed by atoms with Crippen LogP contribution in [0.4, 0.5) is 0 Å². The van der Waals surface area contributed by atoms with Crippen molar-refractivity contribution in [3.8, 4) is 11.5 Å². The average molecular weight is 453 g/mol. The summed E-state index contributed by atoms with van der Waals surface area (Å²) in [5, 5.41) is 0. The molecular weight excluding hydrogens is 420 g/mol. The zero-order valence-electron chi connectivity index (χ0n) is 19.8. The molecule has 0 radical (unpaired) electrons. The Bertz CT molecular complexity index is 876. The number of benzene rings is 2. The van der Waals surface area contributed by atoms with E-state index in [4.69, 9.17) is 18.9 Å². The number of hydrogen-bond donors (Lipinski definition) is 0. The first-order chi connectivity index (χ1) is 15.9. The molecule has 0 amide bonds. The summed E-state index contributed by atoms with van der Waals surface area (Å²) in [5.41, 5.74) is 3.47. The molecule has 6 heteroatoms. The zero-order valence-corrected chi connectivity index (χ0v) is 19.8. The van der Waals surface area contributed by atoms with Gasteiger partial charge in [0, 0.05) is 11.1 Å². The minimum atomic E-state index is -0.323. The molecule has 33 heavy (non-hydrogen) atoms. The molecule has 0 aromatic heterocycles. The van der Waals surface area contributed by atoms with Gasteiger partial charge < -0.3 is 18.9 Å². The highest BCUT2D eigenvalue weighted by Crippen LogP contribution is 2.18. The molecular formula is C27H32O6. The maximum atomic E-state index is 11.6. The third kappa shape index (κ3) is 9.23. The van der Waals surface area contributed by atoms with Crippen molar-refractivity contribution in [3.05, 3.63) is 83.0 Å². The summed E-state index contributed by atoms with van der Waals surface area (Å²) in [6.45, 7) is 8.05. The van der Waals surface area contributed by atoms with E-state index < -0.39 is 0 Å². The summed E-state index contributed by atoms with van der Waals surface area (Å²) in [6, 6.07) is 15.7. The van der Waals surface area contributed by atoms with Crippen molar-refractivity contribution in [2.75, 3.05) is 26.4 Å². The third-order valence-corrected chi connectivity index (χ3v) is 4.94. The minimum Gasteiger partial charge on any atom is -0.490 e. The van der Waals surface area contributed by atoms with Crippen LogP contribution >= 0.6 is 0 Å². The molecule has 0 fully saturated rings. The Morgan fingerprint density at radius 1 is 0.636 bits per heavy atom.